The number of nitrogens with zero attached hydrogens (tertiary/aromatic N) is 3. The van der Waals surface area contributed by atoms with Crippen LogP contribution in [0.5, 0.6) is 5.75 Å². The number of hydrogen-bond donors (Lipinski definition) is 2. The molecule has 1 heterocycles. The molecule has 2 aromatic rings. The molecule has 0 aliphatic carbocycles. The zero-order valence-corrected chi connectivity index (χ0v) is 8.27. The number of aromatic nitrogens is 4. The summed E-state index contributed by atoms with van der Waals surface area (Å²) in [5.74, 6) is 1.32. The lowest BCUT2D eigenvalue weighted by atomic mass is 10.2. The number of benzene rings is 1. The second-order valence-electron chi connectivity index (χ2n) is 2.94. The number of anilines is 1. The molecule has 6 heteroatoms. The number of ether oxygens (including phenoxy) is 1. The van der Waals surface area contributed by atoms with Crippen LogP contribution in [0.15, 0.2) is 24.3 Å². The maximum absolute atomic E-state index is 5.11. The molecule has 0 spiro atoms. The van der Waals surface area contributed by atoms with Crippen LogP contribution in [0.25, 0.3) is 0 Å². The van der Waals surface area contributed by atoms with Crippen molar-refractivity contribution in [2.75, 3.05) is 12.4 Å². The lowest BCUT2D eigenvalue weighted by molar-refractivity contribution is 0.414. The minimum Gasteiger partial charge on any atom is -0.497 e. The normalized spacial score (nSPS) is 9.93. The molecule has 0 atom stereocenters. The molecule has 0 unspecified atom stereocenters. The maximum atomic E-state index is 5.11. The minimum atomic E-state index is 0.484. The number of aromatic amines is 1. The van der Waals surface area contributed by atoms with Gasteiger partial charge in [0, 0.05) is 6.54 Å². The quantitative estimate of drug-likeness (QED) is 0.772. The summed E-state index contributed by atoms with van der Waals surface area (Å²) in [6.07, 6.45) is 0. The topological polar surface area (TPSA) is 75.7 Å². The number of rotatable bonds is 4. The predicted octanol–water partition coefficient (Wildman–Crippen LogP) is 0.820. The highest BCUT2D eigenvalue weighted by molar-refractivity contribution is 5.31. The van der Waals surface area contributed by atoms with E-state index in [2.05, 4.69) is 25.9 Å². The van der Waals surface area contributed by atoms with Crippen LogP contribution in [-0.2, 0) is 6.54 Å². The minimum absolute atomic E-state index is 0.484. The molecule has 0 radical (unpaired) electrons. The van der Waals surface area contributed by atoms with Crippen molar-refractivity contribution in [3.8, 4) is 5.75 Å². The molecule has 0 fully saturated rings. The highest BCUT2D eigenvalue weighted by Crippen LogP contribution is 2.12. The number of nitrogens with one attached hydrogen (secondary N) is 2. The number of H-pyrrole nitrogens is 1. The first-order valence-corrected chi connectivity index (χ1v) is 4.49. The SMILES string of the molecule is COc1cccc(CNc2nn[nH]n2)c1. The molecular formula is C9H11N5O. The fourth-order valence-electron chi connectivity index (χ4n) is 1.20. The molecule has 0 saturated carbocycles. The van der Waals surface area contributed by atoms with Crippen LogP contribution < -0.4 is 10.1 Å². The van der Waals surface area contributed by atoms with Gasteiger partial charge in [-0.3, -0.25) is 0 Å². The van der Waals surface area contributed by atoms with E-state index < -0.39 is 0 Å². The van der Waals surface area contributed by atoms with Gasteiger partial charge in [0.15, 0.2) is 0 Å². The van der Waals surface area contributed by atoms with Crippen molar-refractivity contribution < 1.29 is 4.74 Å². The molecule has 15 heavy (non-hydrogen) atoms. The Morgan fingerprint density at radius 1 is 1.47 bits per heavy atom. The fraction of sp³-hybridized carbons (Fsp3) is 0.222. The average molecular weight is 205 g/mol. The number of hydrogen-bond acceptors (Lipinski definition) is 5. The van der Waals surface area contributed by atoms with E-state index in [1.54, 1.807) is 7.11 Å². The lowest BCUT2D eigenvalue weighted by Gasteiger charge is -2.04. The van der Waals surface area contributed by atoms with E-state index in [-0.39, 0.29) is 0 Å². The van der Waals surface area contributed by atoms with Crippen molar-refractivity contribution >= 4 is 5.95 Å². The van der Waals surface area contributed by atoms with Gasteiger partial charge in [-0.15, -0.1) is 5.10 Å². The molecular weight excluding hydrogens is 194 g/mol. The van der Waals surface area contributed by atoms with E-state index in [9.17, 15) is 0 Å². The summed E-state index contributed by atoms with van der Waals surface area (Å²) < 4.78 is 5.11. The molecule has 2 N–H and O–H groups in total. The molecule has 6 nitrogen and oxygen atoms in total. The summed E-state index contributed by atoms with van der Waals surface area (Å²) in [4.78, 5) is 0. The van der Waals surface area contributed by atoms with Crippen molar-refractivity contribution in [2.45, 2.75) is 6.54 Å². The molecule has 0 saturated heterocycles. The summed E-state index contributed by atoms with van der Waals surface area (Å²) in [6.45, 7) is 0.636. The Morgan fingerprint density at radius 3 is 3.13 bits per heavy atom. The Hall–Kier alpha value is -2.11. The Kier molecular flexibility index (Phi) is 2.77. The third-order valence-electron chi connectivity index (χ3n) is 1.93. The van der Waals surface area contributed by atoms with Crippen molar-refractivity contribution in [3.63, 3.8) is 0 Å². The highest BCUT2D eigenvalue weighted by atomic mass is 16.5. The smallest absolute Gasteiger partial charge is 0.263 e. The molecule has 78 valence electrons. The highest BCUT2D eigenvalue weighted by Gasteiger charge is 1.98. The summed E-state index contributed by atoms with van der Waals surface area (Å²) in [6, 6.07) is 7.78. The van der Waals surface area contributed by atoms with E-state index in [0.29, 0.717) is 12.5 Å². The van der Waals surface area contributed by atoms with Gasteiger partial charge in [0.25, 0.3) is 5.95 Å². The third kappa shape index (κ3) is 2.43. The monoisotopic (exact) mass is 205 g/mol. The molecule has 1 aromatic heterocycles. The number of methoxy groups -OCH3 is 1. The van der Waals surface area contributed by atoms with Crippen molar-refractivity contribution in [2.24, 2.45) is 0 Å². The Balaban J connectivity index is 1.98. The van der Waals surface area contributed by atoms with E-state index in [1.807, 2.05) is 24.3 Å². The van der Waals surface area contributed by atoms with E-state index >= 15 is 0 Å². The standard InChI is InChI=1S/C9H11N5O/c1-15-8-4-2-3-7(5-8)6-10-9-11-13-14-12-9/h2-5H,6H2,1H3,(H2,10,11,12,13,14). The lowest BCUT2D eigenvalue weighted by Crippen LogP contribution is -2.01. The van der Waals surface area contributed by atoms with Crippen molar-refractivity contribution in [1.82, 2.24) is 20.6 Å². The van der Waals surface area contributed by atoms with Gasteiger partial charge in [0.1, 0.15) is 5.75 Å². The van der Waals surface area contributed by atoms with Crippen LogP contribution in [0.3, 0.4) is 0 Å². The Labute approximate surface area is 86.7 Å². The van der Waals surface area contributed by atoms with Gasteiger partial charge in [-0.1, -0.05) is 17.2 Å². The summed E-state index contributed by atoms with van der Waals surface area (Å²) in [5.41, 5.74) is 1.10. The third-order valence-corrected chi connectivity index (χ3v) is 1.93. The van der Waals surface area contributed by atoms with E-state index in [1.165, 1.54) is 0 Å². The van der Waals surface area contributed by atoms with Gasteiger partial charge in [-0.25, -0.2) is 0 Å². The van der Waals surface area contributed by atoms with Crippen LogP contribution >= 0.6 is 0 Å². The first kappa shape index (κ1) is 9.45. The second kappa shape index (κ2) is 4.41. The van der Waals surface area contributed by atoms with Crippen LogP contribution in [0, 0.1) is 0 Å². The predicted molar refractivity (Wildman–Crippen MR) is 54.5 cm³/mol. The zero-order chi connectivity index (χ0) is 10.5. The molecule has 2 rings (SSSR count). The first-order chi connectivity index (χ1) is 7.38. The van der Waals surface area contributed by atoms with Gasteiger partial charge in [0.2, 0.25) is 0 Å². The van der Waals surface area contributed by atoms with Crippen LogP contribution in [0.1, 0.15) is 5.56 Å². The zero-order valence-electron chi connectivity index (χ0n) is 8.27. The fourth-order valence-corrected chi connectivity index (χ4v) is 1.20. The largest absolute Gasteiger partial charge is 0.497 e. The first-order valence-electron chi connectivity index (χ1n) is 4.49. The van der Waals surface area contributed by atoms with Crippen LogP contribution in [0.4, 0.5) is 5.95 Å². The maximum Gasteiger partial charge on any atom is 0.263 e. The van der Waals surface area contributed by atoms with Gasteiger partial charge >= 0.3 is 0 Å². The van der Waals surface area contributed by atoms with E-state index in [4.69, 9.17) is 4.74 Å². The molecule has 0 aliphatic rings. The Morgan fingerprint density at radius 2 is 2.40 bits per heavy atom. The Bertz CT molecular complexity index is 414. The van der Waals surface area contributed by atoms with Crippen LogP contribution in [-0.4, -0.2) is 27.7 Å². The van der Waals surface area contributed by atoms with Crippen LogP contribution in [0.2, 0.25) is 0 Å². The molecule has 1 aromatic carbocycles. The van der Waals surface area contributed by atoms with Gasteiger partial charge in [-0.05, 0) is 22.9 Å². The molecule has 0 bridgehead atoms. The summed E-state index contributed by atoms with van der Waals surface area (Å²) in [5, 5.41) is 16.4. The second-order valence-corrected chi connectivity index (χ2v) is 2.94. The number of tetrazole rings is 1. The summed E-state index contributed by atoms with van der Waals surface area (Å²) >= 11 is 0. The molecule has 0 amide bonds. The van der Waals surface area contributed by atoms with E-state index in [0.717, 1.165) is 11.3 Å². The van der Waals surface area contributed by atoms with Crippen molar-refractivity contribution in [3.05, 3.63) is 29.8 Å². The van der Waals surface area contributed by atoms with Gasteiger partial charge in [0.05, 0.1) is 7.11 Å². The van der Waals surface area contributed by atoms with Gasteiger partial charge < -0.3 is 10.1 Å². The summed E-state index contributed by atoms with van der Waals surface area (Å²) in [7, 11) is 1.64. The van der Waals surface area contributed by atoms with Crippen molar-refractivity contribution in [1.29, 1.82) is 0 Å². The average Bonchev–Trinajstić information content (AvgIpc) is 2.79. The van der Waals surface area contributed by atoms with Gasteiger partial charge in [-0.2, -0.15) is 5.21 Å². The molecule has 0 aliphatic heterocycles.